The highest BCUT2D eigenvalue weighted by Gasteiger charge is 2.30. The van der Waals surface area contributed by atoms with Gasteiger partial charge < -0.3 is 5.32 Å². The highest BCUT2D eigenvalue weighted by atomic mass is 19.2. The van der Waals surface area contributed by atoms with E-state index in [1.807, 2.05) is 0 Å². The van der Waals surface area contributed by atoms with E-state index in [4.69, 9.17) is 0 Å². The van der Waals surface area contributed by atoms with E-state index >= 15 is 0 Å². The minimum atomic E-state index is -1.14. The van der Waals surface area contributed by atoms with Gasteiger partial charge in [0.2, 0.25) is 0 Å². The molecule has 4 heteroatoms. The van der Waals surface area contributed by atoms with Crippen molar-refractivity contribution in [3.8, 4) is 0 Å². The summed E-state index contributed by atoms with van der Waals surface area (Å²) in [6, 6.07) is 1.68. The SMILES string of the molecule is CC(C)(C)C1CCC(Nc2cc(F)cc(F)c2F)CC1. The van der Waals surface area contributed by atoms with Crippen molar-refractivity contribution in [3.05, 3.63) is 29.6 Å². The van der Waals surface area contributed by atoms with Gasteiger partial charge in [-0.05, 0) is 37.0 Å². The molecule has 0 atom stereocenters. The molecule has 0 radical (unpaired) electrons. The zero-order chi connectivity index (χ0) is 14.9. The van der Waals surface area contributed by atoms with Crippen LogP contribution in [-0.4, -0.2) is 6.04 Å². The molecule has 1 aliphatic carbocycles. The number of hydrogen-bond acceptors (Lipinski definition) is 1. The van der Waals surface area contributed by atoms with Gasteiger partial charge in [-0.1, -0.05) is 20.8 Å². The van der Waals surface area contributed by atoms with Crippen LogP contribution in [0.4, 0.5) is 18.9 Å². The lowest BCUT2D eigenvalue weighted by atomic mass is 9.71. The second kappa shape index (κ2) is 5.66. The maximum atomic E-state index is 13.6. The zero-order valence-corrected chi connectivity index (χ0v) is 12.3. The molecule has 0 amide bonds. The van der Waals surface area contributed by atoms with Gasteiger partial charge >= 0.3 is 0 Å². The van der Waals surface area contributed by atoms with Gasteiger partial charge in [0.15, 0.2) is 11.6 Å². The smallest absolute Gasteiger partial charge is 0.182 e. The van der Waals surface area contributed by atoms with Gasteiger partial charge in [0.1, 0.15) is 5.82 Å². The molecule has 1 aromatic carbocycles. The summed E-state index contributed by atoms with van der Waals surface area (Å²) in [4.78, 5) is 0. The number of hydrogen-bond donors (Lipinski definition) is 1. The summed E-state index contributed by atoms with van der Waals surface area (Å²) in [5, 5.41) is 2.95. The van der Waals surface area contributed by atoms with Crippen molar-refractivity contribution in [3.63, 3.8) is 0 Å². The van der Waals surface area contributed by atoms with E-state index in [1.165, 1.54) is 0 Å². The van der Waals surface area contributed by atoms with Crippen molar-refractivity contribution in [2.45, 2.75) is 52.5 Å². The van der Waals surface area contributed by atoms with Crippen molar-refractivity contribution in [1.29, 1.82) is 0 Å². The van der Waals surface area contributed by atoms with Crippen LogP contribution in [0.1, 0.15) is 46.5 Å². The second-order valence-electron chi connectivity index (χ2n) is 6.81. The first-order valence-electron chi connectivity index (χ1n) is 7.18. The summed E-state index contributed by atoms with van der Waals surface area (Å²) in [6.07, 6.45) is 3.92. The summed E-state index contributed by atoms with van der Waals surface area (Å²) >= 11 is 0. The molecule has 1 aliphatic rings. The number of benzene rings is 1. The average Bonchev–Trinajstić information content (AvgIpc) is 2.35. The fourth-order valence-corrected chi connectivity index (χ4v) is 2.98. The van der Waals surface area contributed by atoms with Crippen molar-refractivity contribution in [1.82, 2.24) is 0 Å². The molecular formula is C16H22F3N. The Kier molecular flexibility index (Phi) is 4.31. The quantitative estimate of drug-likeness (QED) is 0.744. The second-order valence-corrected chi connectivity index (χ2v) is 6.81. The lowest BCUT2D eigenvalue weighted by Gasteiger charge is -2.37. The lowest BCUT2D eigenvalue weighted by Crippen LogP contribution is -2.31. The van der Waals surface area contributed by atoms with E-state index in [-0.39, 0.29) is 17.1 Å². The van der Waals surface area contributed by atoms with E-state index in [2.05, 4.69) is 26.1 Å². The van der Waals surface area contributed by atoms with Gasteiger partial charge in [0.05, 0.1) is 5.69 Å². The van der Waals surface area contributed by atoms with Crippen LogP contribution < -0.4 is 5.32 Å². The van der Waals surface area contributed by atoms with Gasteiger partial charge in [-0.15, -0.1) is 0 Å². The van der Waals surface area contributed by atoms with Crippen LogP contribution in [0.2, 0.25) is 0 Å². The number of halogens is 3. The van der Waals surface area contributed by atoms with Crippen LogP contribution in [0.5, 0.6) is 0 Å². The Morgan fingerprint density at radius 3 is 2.15 bits per heavy atom. The molecule has 0 aromatic heterocycles. The van der Waals surface area contributed by atoms with Crippen molar-refractivity contribution >= 4 is 5.69 Å². The Morgan fingerprint density at radius 2 is 1.60 bits per heavy atom. The summed E-state index contributed by atoms with van der Waals surface area (Å²) in [6.45, 7) is 6.69. The number of nitrogens with one attached hydrogen (secondary N) is 1. The van der Waals surface area contributed by atoms with Gasteiger partial charge in [-0.25, -0.2) is 13.2 Å². The van der Waals surface area contributed by atoms with E-state index in [1.54, 1.807) is 0 Å². The van der Waals surface area contributed by atoms with Crippen molar-refractivity contribution in [2.75, 3.05) is 5.32 Å². The minimum absolute atomic E-state index is 0.0679. The van der Waals surface area contributed by atoms with Crippen LogP contribution in [0.15, 0.2) is 12.1 Å². The average molecular weight is 285 g/mol. The van der Waals surface area contributed by atoms with Gasteiger partial charge in [0.25, 0.3) is 0 Å². The zero-order valence-electron chi connectivity index (χ0n) is 12.3. The van der Waals surface area contributed by atoms with Crippen LogP contribution in [0.3, 0.4) is 0 Å². The Morgan fingerprint density at radius 1 is 1.00 bits per heavy atom. The Hall–Kier alpha value is -1.19. The Bertz CT molecular complexity index is 471. The molecule has 0 aliphatic heterocycles. The molecule has 0 saturated heterocycles. The highest BCUT2D eigenvalue weighted by molar-refractivity contribution is 5.46. The van der Waals surface area contributed by atoms with E-state index in [0.717, 1.165) is 31.7 Å². The topological polar surface area (TPSA) is 12.0 Å². The third-order valence-electron chi connectivity index (χ3n) is 4.30. The van der Waals surface area contributed by atoms with Crippen LogP contribution in [-0.2, 0) is 0 Å². The standard InChI is InChI=1S/C16H22F3N/c1-16(2,3)10-4-6-12(7-5-10)20-14-9-11(17)8-13(18)15(14)19/h8-10,12,20H,4-7H2,1-3H3. The molecule has 1 fully saturated rings. The molecule has 0 bridgehead atoms. The monoisotopic (exact) mass is 285 g/mol. The molecule has 1 aromatic rings. The van der Waals surface area contributed by atoms with Crippen LogP contribution in [0.25, 0.3) is 0 Å². The molecule has 0 heterocycles. The Balaban J connectivity index is 2.00. The maximum absolute atomic E-state index is 13.6. The molecule has 2 rings (SSSR count). The molecule has 0 spiro atoms. The van der Waals surface area contributed by atoms with E-state index in [9.17, 15) is 13.2 Å². The first-order chi connectivity index (χ1) is 9.27. The number of rotatable bonds is 2. The molecule has 112 valence electrons. The summed E-state index contributed by atoms with van der Waals surface area (Å²) < 4.78 is 39.9. The van der Waals surface area contributed by atoms with Gasteiger partial charge in [-0.2, -0.15) is 0 Å². The normalized spacial score (nSPS) is 23.7. The number of anilines is 1. The molecule has 1 saturated carbocycles. The van der Waals surface area contributed by atoms with E-state index < -0.39 is 17.5 Å². The lowest BCUT2D eigenvalue weighted by molar-refractivity contribution is 0.173. The third kappa shape index (κ3) is 3.47. The first kappa shape index (κ1) is 15.2. The third-order valence-corrected chi connectivity index (χ3v) is 4.30. The van der Waals surface area contributed by atoms with Crippen molar-refractivity contribution in [2.24, 2.45) is 11.3 Å². The fourth-order valence-electron chi connectivity index (χ4n) is 2.98. The fraction of sp³-hybridized carbons (Fsp3) is 0.625. The first-order valence-corrected chi connectivity index (χ1v) is 7.18. The summed E-state index contributed by atoms with van der Waals surface area (Å²) in [7, 11) is 0. The highest BCUT2D eigenvalue weighted by Crippen LogP contribution is 2.38. The largest absolute Gasteiger partial charge is 0.380 e. The van der Waals surface area contributed by atoms with Crippen LogP contribution >= 0.6 is 0 Å². The Labute approximate surface area is 118 Å². The van der Waals surface area contributed by atoms with Gasteiger partial charge in [0, 0.05) is 18.2 Å². The predicted octanol–water partition coefficient (Wildman–Crippen LogP) is 5.12. The maximum Gasteiger partial charge on any atom is 0.182 e. The van der Waals surface area contributed by atoms with E-state index in [0.29, 0.717) is 12.0 Å². The predicted molar refractivity (Wildman–Crippen MR) is 75.1 cm³/mol. The molecule has 1 nitrogen and oxygen atoms in total. The summed E-state index contributed by atoms with van der Waals surface area (Å²) in [5.74, 6) is -2.25. The summed E-state index contributed by atoms with van der Waals surface area (Å²) in [5.41, 5.74) is 0.211. The minimum Gasteiger partial charge on any atom is -0.380 e. The van der Waals surface area contributed by atoms with Gasteiger partial charge in [-0.3, -0.25) is 0 Å². The van der Waals surface area contributed by atoms with Crippen LogP contribution in [0, 0.1) is 28.8 Å². The molecule has 20 heavy (non-hydrogen) atoms. The molecule has 1 N–H and O–H groups in total. The van der Waals surface area contributed by atoms with Crippen molar-refractivity contribution < 1.29 is 13.2 Å². The molecule has 0 unspecified atom stereocenters. The molecular weight excluding hydrogens is 263 g/mol.